The second-order valence-corrected chi connectivity index (χ2v) is 6.92. The highest BCUT2D eigenvalue weighted by Gasteiger charge is 2.37. The molecule has 0 aliphatic heterocycles. The van der Waals surface area contributed by atoms with Gasteiger partial charge in [-0.15, -0.1) is 0 Å². The van der Waals surface area contributed by atoms with Crippen LogP contribution in [-0.2, 0) is 11.2 Å². The molecule has 0 N–H and O–H groups in total. The largest absolute Gasteiger partial charge is 0.497 e. The van der Waals surface area contributed by atoms with Gasteiger partial charge in [0, 0.05) is 12.3 Å². The number of carbonyl (C=O) groups excluding carboxylic acids is 1. The van der Waals surface area contributed by atoms with Crippen molar-refractivity contribution in [1.82, 2.24) is 0 Å². The lowest BCUT2D eigenvalue weighted by atomic mass is 9.66. The molecule has 2 nitrogen and oxygen atoms in total. The minimum Gasteiger partial charge on any atom is -0.497 e. The first-order valence-electron chi connectivity index (χ1n) is 7.58. The van der Waals surface area contributed by atoms with E-state index < -0.39 is 0 Å². The molecule has 1 saturated carbocycles. The number of carbonyl (C=O) groups is 1. The summed E-state index contributed by atoms with van der Waals surface area (Å²) in [6.45, 7) is 6.64. The van der Waals surface area contributed by atoms with Gasteiger partial charge in [0.15, 0.2) is 0 Å². The van der Waals surface area contributed by atoms with E-state index in [2.05, 4.69) is 32.9 Å². The molecule has 0 heterocycles. The molecule has 0 amide bonds. The highest BCUT2D eigenvalue weighted by molar-refractivity contribution is 5.82. The van der Waals surface area contributed by atoms with Crippen molar-refractivity contribution in [2.24, 2.45) is 17.3 Å². The summed E-state index contributed by atoms with van der Waals surface area (Å²) in [7, 11) is 1.69. The predicted octanol–water partition coefficient (Wildman–Crippen LogP) is 4.27. The first-order valence-corrected chi connectivity index (χ1v) is 7.58. The Hall–Kier alpha value is -1.31. The van der Waals surface area contributed by atoms with E-state index in [9.17, 15) is 4.79 Å². The Kier molecular flexibility index (Phi) is 4.52. The Morgan fingerprint density at radius 2 is 2.05 bits per heavy atom. The Morgan fingerprint density at radius 1 is 1.30 bits per heavy atom. The Balaban J connectivity index is 2.11. The lowest BCUT2D eigenvalue weighted by molar-refractivity contribution is -0.129. The second-order valence-electron chi connectivity index (χ2n) is 6.92. The van der Waals surface area contributed by atoms with Crippen molar-refractivity contribution < 1.29 is 9.53 Å². The molecule has 1 aromatic rings. The molecule has 1 aromatic carbocycles. The molecule has 110 valence electrons. The normalized spacial score (nSPS) is 23.7. The van der Waals surface area contributed by atoms with Gasteiger partial charge >= 0.3 is 0 Å². The van der Waals surface area contributed by atoms with Gasteiger partial charge in [0.1, 0.15) is 11.5 Å². The summed E-state index contributed by atoms with van der Waals surface area (Å²) in [6.07, 6.45) is 3.90. The van der Waals surface area contributed by atoms with E-state index in [0.29, 0.717) is 11.7 Å². The molecule has 2 heteroatoms. The van der Waals surface area contributed by atoms with Gasteiger partial charge in [-0.3, -0.25) is 4.79 Å². The third kappa shape index (κ3) is 3.41. The summed E-state index contributed by atoms with van der Waals surface area (Å²) in [4.78, 5) is 12.3. The quantitative estimate of drug-likeness (QED) is 0.819. The minimum absolute atomic E-state index is 0.0174. The highest BCUT2D eigenvalue weighted by Crippen LogP contribution is 2.40. The maximum absolute atomic E-state index is 12.3. The average Bonchev–Trinajstić information content (AvgIpc) is 2.37. The van der Waals surface area contributed by atoms with Crippen LogP contribution in [-0.4, -0.2) is 12.9 Å². The topological polar surface area (TPSA) is 26.3 Å². The molecule has 0 saturated heterocycles. The van der Waals surface area contributed by atoms with E-state index in [0.717, 1.165) is 25.0 Å². The fourth-order valence-corrected chi connectivity index (χ4v) is 3.46. The zero-order valence-corrected chi connectivity index (χ0v) is 13.1. The molecule has 0 radical (unpaired) electrons. The van der Waals surface area contributed by atoms with E-state index in [1.54, 1.807) is 7.11 Å². The monoisotopic (exact) mass is 274 g/mol. The van der Waals surface area contributed by atoms with Gasteiger partial charge in [0.2, 0.25) is 0 Å². The lowest BCUT2D eigenvalue weighted by Crippen LogP contribution is -2.36. The zero-order chi connectivity index (χ0) is 14.8. The molecule has 1 aliphatic carbocycles. The maximum atomic E-state index is 12.3. The summed E-state index contributed by atoms with van der Waals surface area (Å²) in [6, 6.07) is 8.19. The lowest BCUT2D eigenvalue weighted by Gasteiger charge is -2.37. The van der Waals surface area contributed by atoms with Crippen molar-refractivity contribution in [3.63, 3.8) is 0 Å². The SMILES string of the molecule is COc1cccc(CC(C)(C)C2CCC(C)CC2=O)c1. The van der Waals surface area contributed by atoms with Gasteiger partial charge in [-0.25, -0.2) is 0 Å². The van der Waals surface area contributed by atoms with Crippen molar-refractivity contribution >= 4 is 5.78 Å². The van der Waals surface area contributed by atoms with E-state index in [-0.39, 0.29) is 11.3 Å². The van der Waals surface area contributed by atoms with Crippen LogP contribution in [0.4, 0.5) is 0 Å². The Bertz CT molecular complexity index is 476. The van der Waals surface area contributed by atoms with Crippen LogP contribution in [0, 0.1) is 17.3 Å². The van der Waals surface area contributed by atoms with Crippen LogP contribution < -0.4 is 4.74 Å². The molecule has 1 aliphatic rings. The number of methoxy groups -OCH3 is 1. The van der Waals surface area contributed by atoms with Gasteiger partial charge in [0.05, 0.1) is 7.11 Å². The summed E-state index contributed by atoms with van der Waals surface area (Å²) in [5.41, 5.74) is 1.27. The number of ketones is 1. The van der Waals surface area contributed by atoms with Crippen molar-refractivity contribution in [1.29, 1.82) is 0 Å². The third-order valence-corrected chi connectivity index (χ3v) is 4.62. The second kappa shape index (κ2) is 5.99. The Labute approximate surface area is 122 Å². The smallest absolute Gasteiger partial charge is 0.136 e. The first-order chi connectivity index (χ1) is 9.42. The van der Waals surface area contributed by atoms with E-state index in [4.69, 9.17) is 4.74 Å². The molecule has 2 unspecified atom stereocenters. The highest BCUT2D eigenvalue weighted by atomic mass is 16.5. The molecular formula is C18H26O2. The fraction of sp³-hybridized carbons (Fsp3) is 0.611. The van der Waals surface area contributed by atoms with E-state index >= 15 is 0 Å². The molecule has 2 rings (SSSR count). The van der Waals surface area contributed by atoms with Crippen molar-refractivity contribution in [2.45, 2.75) is 46.5 Å². The van der Waals surface area contributed by atoms with Crippen LogP contribution in [0.2, 0.25) is 0 Å². The summed E-state index contributed by atoms with van der Waals surface area (Å²) in [5.74, 6) is 2.11. The standard InChI is InChI=1S/C18H26O2/c1-13-8-9-16(17(19)10-13)18(2,3)12-14-6-5-7-15(11-14)20-4/h5-7,11,13,16H,8-10,12H2,1-4H3. The van der Waals surface area contributed by atoms with Crippen LogP contribution in [0.25, 0.3) is 0 Å². The summed E-state index contributed by atoms with van der Waals surface area (Å²) < 4.78 is 5.28. The molecule has 0 aromatic heterocycles. The first kappa shape index (κ1) is 15.1. The van der Waals surface area contributed by atoms with Gasteiger partial charge in [-0.2, -0.15) is 0 Å². The average molecular weight is 274 g/mol. The number of Topliss-reactive ketones (excluding diaryl/α,β-unsaturated/α-hetero) is 1. The van der Waals surface area contributed by atoms with Gasteiger partial charge in [-0.1, -0.05) is 32.9 Å². The minimum atomic E-state index is 0.0174. The van der Waals surface area contributed by atoms with Crippen molar-refractivity contribution in [3.05, 3.63) is 29.8 Å². The molecule has 0 bridgehead atoms. The molecule has 0 spiro atoms. The molecule has 20 heavy (non-hydrogen) atoms. The predicted molar refractivity (Wildman–Crippen MR) is 82.0 cm³/mol. The van der Waals surface area contributed by atoms with Crippen LogP contribution in [0.5, 0.6) is 5.75 Å². The number of hydrogen-bond acceptors (Lipinski definition) is 2. The van der Waals surface area contributed by atoms with Crippen LogP contribution in [0.3, 0.4) is 0 Å². The van der Waals surface area contributed by atoms with E-state index in [1.807, 2.05) is 12.1 Å². The van der Waals surface area contributed by atoms with Crippen molar-refractivity contribution in [2.75, 3.05) is 7.11 Å². The van der Waals surface area contributed by atoms with Gasteiger partial charge in [-0.05, 0) is 48.3 Å². The third-order valence-electron chi connectivity index (χ3n) is 4.62. The van der Waals surface area contributed by atoms with Crippen LogP contribution in [0.1, 0.15) is 45.6 Å². The Morgan fingerprint density at radius 3 is 2.70 bits per heavy atom. The number of benzene rings is 1. The summed E-state index contributed by atoms with van der Waals surface area (Å²) >= 11 is 0. The summed E-state index contributed by atoms with van der Waals surface area (Å²) in [5, 5.41) is 0. The van der Waals surface area contributed by atoms with Crippen molar-refractivity contribution in [3.8, 4) is 5.75 Å². The maximum Gasteiger partial charge on any atom is 0.136 e. The van der Waals surface area contributed by atoms with E-state index in [1.165, 1.54) is 12.0 Å². The number of ether oxygens (including phenoxy) is 1. The zero-order valence-electron chi connectivity index (χ0n) is 13.1. The van der Waals surface area contributed by atoms with Crippen LogP contribution in [0.15, 0.2) is 24.3 Å². The number of hydrogen-bond donors (Lipinski definition) is 0. The van der Waals surface area contributed by atoms with Gasteiger partial charge < -0.3 is 4.74 Å². The molecule has 1 fully saturated rings. The van der Waals surface area contributed by atoms with Crippen LogP contribution >= 0.6 is 0 Å². The fourth-order valence-electron chi connectivity index (χ4n) is 3.46. The molecular weight excluding hydrogens is 248 g/mol. The molecule has 2 atom stereocenters. The van der Waals surface area contributed by atoms with Gasteiger partial charge in [0.25, 0.3) is 0 Å². The number of rotatable bonds is 4.